The summed E-state index contributed by atoms with van der Waals surface area (Å²) in [6.45, 7) is 14.0. The lowest BCUT2D eigenvalue weighted by Crippen LogP contribution is -2.55. The second-order valence-electron chi connectivity index (χ2n) is 6.52. The van der Waals surface area contributed by atoms with Crippen LogP contribution in [0.4, 0.5) is 0 Å². The van der Waals surface area contributed by atoms with Gasteiger partial charge in [0.1, 0.15) is 0 Å². The molecule has 0 radical (unpaired) electrons. The van der Waals surface area contributed by atoms with Crippen LogP contribution in [0.1, 0.15) is 73.1 Å². The summed E-state index contributed by atoms with van der Waals surface area (Å²) in [7, 11) is 0. The van der Waals surface area contributed by atoms with Gasteiger partial charge in [0.05, 0.1) is 0 Å². The lowest BCUT2D eigenvalue weighted by molar-refractivity contribution is 0.0739. The molecule has 0 amide bonds. The first-order valence-corrected chi connectivity index (χ1v) is 8.63. The molecule has 1 aliphatic carbocycles. The van der Waals surface area contributed by atoms with Crippen molar-refractivity contribution in [1.82, 2.24) is 10.2 Å². The third kappa shape index (κ3) is 5.07. The standard InChI is InChI=1S/C17H36N2/c1-6-9-15-10-11-16(18-12-7-2)17(13-15)19(8-3)14(4)5/h14-18H,6-13H2,1-5H3. The molecule has 19 heavy (non-hydrogen) atoms. The Morgan fingerprint density at radius 1 is 1.11 bits per heavy atom. The van der Waals surface area contributed by atoms with Crippen LogP contribution in [0.3, 0.4) is 0 Å². The van der Waals surface area contributed by atoms with Gasteiger partial charge >= 0.3 is 0 Å². The molecule has 1 rings (SSSR count). The van der Waals surface area contributed by atoms with E-state index in [-0.39, 0.29) is 0 Å². The highest BCUT2D eigenvalue weighted by atomic mass is 15.2. The smallest absolute Gasteiger partial charge is 0.0254 e. The van der Waals surface area contributed by atoms with Crippen LogP contribution >= 0.6 is 0 Å². The lowest BCUT2D eigenvalue weighted by Gasteiger charge is -2.44. The highest BCUT2D eigenvalue weighted by molar-refractivity contribution is 4.92. The van der Waals surface area contributed by atoms with E-state index in [0.717, 1.165) is 18.0 Å². The molecular weight excluding hydrogens is 232 g/mol. The molecule has 114 valence electrons. The van der Waals surface area contributed by atoms with E-state index in [0.29, 0.717) is 6.04 Å². The molecular formula is C17H36N2. The summed E-state index contributed by atoms with van der Waals surface area (Å²) in [5, 5.41) is 3.81. The maximum Gasteiger partial charge on any atom is 0.0254 e. The van der Waals surface area contributed by atoms with Crippen LogP contribution in [0.5, 0.6) is 0 Å². The number of nitrogens with one attached hydrogen (secondary N) is 1. The average molecular weight is 268 g/mol. The first-order chi connectivity index (χ1) is 9.13. The van der Waals surface area contributed by atoms with Crippen molar-refractivity contribution in [1.29, 1.82) is 0 Å². The highest BCUT2D eigenvalue weighted by Gasteiger charge is 2.33. The Hall–Kier alpha value is -0.0800. The van der Waals surface area contributed by atoms with E-state index in [4.69, 9.17) is 0 Å². The molecule has 1 fully saturated rings. The number of hydrogen-bond acceptors (Lipinski definition) is 2. The minimum absolute atomic E-state index is 0.668. The molecule has 0 bridgehead atoms. The Balaban J connectivity index is 2.68. The van der Waals surface area contributed by atoms with Crippen molar-refractivity contribution in [2.75, 3.05) is 13.1 Å². The zero-order valence-electron chi connectivity index (χ0n) is 13.9. The maximum atomic E-state index is 3.81. The summed E-state index contributed by atoms with van der Waals surface area (Å²) < 4.78 is 0. The third-order valence-electron chi connectivity index (χ3n) is 4.73. The van der Waals surface area contributed by atoms with Gasteiger partial charge in [0.15, 0.2) is 0 Å². The molecule has 1 saturated carbocycles. The van der Waals surface area contributed by atoms with Crippen molar-refractivity contribution < 1.29 is 0 Å². The van der Waals surface area contributed by atoms with Gasteiger partial charge in [0, 0.05) is 18.1 Å². The van der Waals surface area contributed by atoms with E-state index in [2.05, 4.69) is 44.8 Å². The molecule has 0 aromatic rings. The van der Waals surface area contributed by atoms with E-state index < -0.39 is 0 Å². The van der Waals surface area contributed by atoms with Gasteiger partial charge in [-0.05, 0) is 58.5 Å². The maximum absolute atomic E-state index is 3.81. The van der Waals surface area contributed by atoms with Crippen LogP contribution in [-0.4, -0.2) is 36.1 Å². The van der Waals surface area contributed by atoms with Crippen LogP contribution in [0.25, 0.3) is 0 Å². The number of rotatable bonds is 8. The fourth-order valence-corrected chi connectivity index (χ4v) is 3.82. The Labute approximate surface area is 121 Å². The summed E-state index contributed by atoms with van der Waals surface area (Å²) in [6, 6.07) is 2.14. The van der Waals surface area contributed by atoms with Gasteiger partial charge in [-0.2, -0.15) is 0 Å². The van der Waals surface area contributed by atoms with Gasteiger partial charge in [0.25, 0.3) is 0 Å². The Morgan fingerprint density at radius 2 is 1.84 bits per heavy atom. The highest BCUT2D eigenvalue weighted by Crippen LogP contribution is 2.31. The molecule has 1 N–H and O–H groups in total. The molecule has 0 heterocycles. The van der Waals surface area contributed by atoms with Gasteiger partial charge in [0.2, 0.25) is 0 Å². The quantitative estimate of drug-likeness (QED) is 0.714. The van der Waals surface area contributed by atoms with Gasteiger partial charge in [-0.25, -0.2) is 0 Å². The van der Waals surface area contributed by atoms with Crippen LogP contribution in [0, 0.1) is 5.92 Å². The van der Waals surface area contributed by atoms with Crippen molar-refractivity contribution in [3.8, 4) is 0 Å². The van der Waals surface area contributed by atoms with Crippen molar-refractivity contribution in [2.24, 2.45) is 5.92 Å². The predicted molar refractivity (Wildman–Crippen MR) is 85.6 cm³/mol. The van der Waals surface area contributed by atoms with Crippen molar-refractivity contribution in [2.45, 2.75) is 91.3 Å². The minimum Gasteiger partial charge on any atom is -0.312 e. The fourth-order valence-electron chi connectivity index (χ4n) is 3.82. The summed E-state index contributed by atoms with van der Waals surface area (Å²) in [4.78, 5) is 2.72. The lowest BCUT2D eigenvalue weighted by atomic mass is 9.79. The molecule has 1 aliphatic rings. The first-order valence-electron chi connectivity index (χ1n) is 8.63. The molecule has 2 nitrogen and oxygen atoms in total. The van der Waals surface area contributed by atoms with Gasteiger partial charge in [-0.1, -0.05) is 33.6 Å². The Kier molecular flexibility index (Phi) is 8.01. The van der Waals surface area contributed by atoms with Gasteiger partial charge in [-0.15, -0.1) is 0 Å². The summed E-state index contributed by atoms with van der Waals surface area (Å²) in [6.07, 6.45) is 8.22. The fraction of sp³-hybridized carbons (Fsp3) is 1.00. The normalized spacial score (nSPS) is 28.3. The zero-order valence-corrected chi connectivity index (χ0v) is 13.9. The van der Waals surface area contributed by atoms with Gasteiger partial charge < -0.3 is 5.32 Å². The molecule has 0 spiro atoms. The Morgan fingerprint density at radius 3 is 2.37 bits per heavy atom. The van der Waals surface area contributed by atoms with Gasteiger partial charge in [-0.3, -0.25) is 4.90 Å². The molecule has 3 unspecified atom stereocenters. The zero-order chi connectivity index (χ0) is 14.3. The SMILES string of the molecule is CCCNC1CCC(CCC)CC1N(CC)C(C)C. The van der Waals surface area contributed by atoms with E-state index in [1.54, 1.807) is 0 Å². The molecule has 0 aromatic carbocycles. The van der Waals surface area contributed by atoms with E-state index in [1.165, 1.54) is 51.6 Å². The number of nitrogens with zero attached hydrogens (tertiary/aromatic N) is 1. The summed E-state index contributed by atoms with van der Waals surface area (Å²) >= 11 is 0. The second kappa shape index (κ2) is 8.97. The number of hydrogen-bond donors (Lipinski definition) is 1. The monoisotopic (exact) mass is 268 g/mol. The van der Waals surface area contributed by atoms with Crippen LogP contribution in [0.15, 0.2) is 0 Å². The molecule has 2 heteroatoms. The topological polar surface area (TPSA) is 15.3 Å². The molecule has 0 saturated heterocycles. The third-order valence-corrected chi connectivity index (χ3v) is 4.73. The van der Waals surface area contributed by atoms with Crippen LogP contribution in [-0.2, 0) is 0 Å². The molecule has 0 aliphatic heterocycles. The Bertz CT molecular complexity index is 227. The van der Waals surface area contributed by atoms with Crippen molar-refractivity contribution >= 4 is 0 Å². The first kappa shape index (κ1) is 17.0. The minimum atomic E-state index is 0.668. The van der Waals surface area contributed by atoms with Crippen LogP contribution < -0.4 is 5.32 Å². The van der Waals surface area contributed by atoms with E-state index in [1.807, 2.05) is 0 Å². The summed E-state index contributed by atoms with van der Waals surface area (Å²) in [5.74, 6) is 0.961. The summed E-state index contributed by atoms with van der Waals surface area (Å²) in [5.41, 5.74) is 0. The van der Waals surface area contributed by atoms with Crippen LogP contribution in [0.2, 0.25) is 0 Å². The van der Waals surface area contributed by atoms with E-state index >= 15 is 0 Å². The van der Waals surface area contributed by atoms with E-state index in [9.17, 15) is 0 Å². The predicted octanol–water partition coefficient (Wildman–Crippen LogP) is 4.05. The molecule has 0 aromatic heterocycles. The largest absolute Gasteiger partial charge is 0.312 e. The van der Waals surface area contributed by atoms with Crippen molar-refractivity contribution in [3.05, 3.63) is 0 Å². The molecule has 3 atom stereocenters. The average Bonchev–Trinajstić information content (AvgIpc) is 2.38. The van der Waals surface area contributed by atoms with Crippen molar-refractivity contribution in [3.63, 3.8) is 0 Å². The number of likely N-dealkylation sites (N-methyl/N-ethyl adjacent to an activating group) is 1. The second-order valence-corrected chi connectivity index (χ2v) is 6.52.